The van der Waals surface area contributed by atoms with Crippen LogP contribution in [0.3, 0.4) is 0 Å². The van der Waals surface area contributed by atoms with Gasteiger partial charge < -0.3 is 10.0 Å². The summed E-state index contributed by atoms with van der Waals surface area (Å²) in [5.41, 5.74) is 0. The Bertz CT molecular complexity index is 619. The molecule has 0 amide bonds. The summed E-state index contributed by atoms with van der Waals surface area (Å²) in [5.74, 6) is 2.34. The predicted octanol–water partition coefficient (Wildman–Crippen LogP) is 2.54. The lowest BCUT2D eigenvalue weighted by atomic mass is 9.94. The second-order valence-corrected chi connectivity index (χ2v) is 7.57. The standard InChI is InChI=1S/C15H21ClN4OS/c1-19-6-4-11(5-7-19)10-14-17-15(20(18-14)8-9-21)12-2-3-13(16)22-12/h2-3,11,21H,4-10H2,1H3. The van der Waals surface area contributed by atoms with Crippen molar-refractivity contribution < 1.29 is 5.11 Å². The molecule has 2 aromatic rings. The molecule has 5 nitrogen and oxygen atoms in total. The zero-order chi connectivity index (χ0) is 15.5. The van der Waals surface area contributed by atoms with Crippen molar-refractivity contribution in [2.24, 2.45) is 5.92 Å². The third-order valence-electron chi connectivity index (χ3n) is 4.13. The van der Waals surface area contributed by atoms with Crippen LogP contribution in [0.1, 0.15) is 18.7 Å². The van der Waals surface area contributed by atoms with Gasteiger partial charge in [-0.1, -0.05) is 11.6 Å². The molecule has 0 saturated carbocycles. The lowest BCUT2D eigenvalue weighted by molar-refractivity contribution is 0.217. The second-order valence-electron chi connectivity index (χ2n) is 5.85. The number of aliphatic hydroxyl groups is 1. The summed E-state index contributed by atoms with van der Waals surface area (Å²) in [6.07, 6.45) is 3.31. The van der Waals surface area contributed by atoms with Gasteiger partial charge in [0.15, 0.2) is 11.6 Å². The van der Waals surface area contributed by atoms with Crippen molar-refractivity contribution in [3.63, 3.8) is 0 Å². The Morgan fingerprint density at radius 3 is 2.77 bits per heavy atom. The maximum Gasteiger partial charge on any atom is 0.168 e. The molecule has 0 atom stereocenters. The van der Waals surface area contributed by atoms with E-state index in [1.165, 1.54) is 24.2 Å². The predicted molar refractivity (Wildman–Crippen MR) is 89.4 cm³/mol. The number of hydrogen-bond acceptors (Lipinski definition) is 5. The fraction of sp³-hybridized carbons (Fsp3) is 0.600. The molecule has 0 radical (unpaired) electrons. The van der Waals surface area contributed by atoms with Crippen LogP contribution >= 0.6 is 22.9 Å². The number of aliphatic hydroxyl groups excluding tert-OH is 1. The first kappa shape index (κ1) is 15.9. The van der Waals surface area contributed by atoms with Crippen LogP contribution in [0.25, 0.3) is 10.7 Å². The largest absolute Gasteiger partial charge is 0.394 e. The van der Waals surface area contributed by atoms with E-state index in [4.69, 9.17) is 16.6 Å². The van der Waals surface area contributed by atoms with Crippen LogP contribution in [0.5, 0.6) is 0 Å². The highest BCUT2D eigenvalue weighted by Gasteiger charge is 2.20. The van der Waals surface area contributed by atoms with E-state index in [1.807, 2.05) is 12.1 Å². The van der Waals surface area contributed by atoms with Crippen molar-refractivity contribution in [1.82, 2.24) is 19.7 Å². The van der Waals surface area contributed by atoms with E-state index in [1.54, 1.807) is 4.68 Å². The van der Waals surface area contributed by atoms with Crippen LogP contribution < -0.4 is 0 Å². The van der Waals surface area contributed by atoms with Gasteiger partial charge >= 0.3 is 0 Å². The van der Waals surface area contributed by atoms with Crippen LogP contribution in [0.4, 0.5) is 0 Å². The minimum absolute atomic E-state index is 0.0587. The van der Waals surface area contributed by atoms with Crippen LogP contribution in [0.15, 0.2) is 12.1 Å². The molecule has 120 valence electrons. The molecule has 0 aliphatic carbocycles. The van der Waals surface area contributed by atoms with Crippen molar-refractivity contribution in [2.45, 2.75) is 25.8 Å². The van der Waals surface area contributed by atoms with E-state index in [-0.39, 0.29) is 6.61 Å². The number of aromatic nitrogens is 3. The van der Waals surface area contributed by atoms with E-state index in [0.717, 1.165) is 40.4 Å². The first-order valence-corrected chi connectivity index (χ1v) is 8.84. The Kier molecular flexibility index (Phi) is 5.13. The second kappa shape index (κ2) is 7.08. The fourth-order valence-electron chi connectivity index (χ4n) is 2.87. The number of thiophene rings is 1. The van der Waals surface area contributed by atoms with E-state index in [2.05, 4.69) is 17.0 Å². The number of hydrogen-bond donors (Lipinski definition) is 1. The zero-order valence-corrected chi connectivity index (χ0v) is 14.3. The number of rotatable bonds is 5. The lowest BCUT2D eigenvalue weighted by Crippen LogP contribution is -2.31. The van der Waals surface area contributed by atoms with Crippen molar-refractivity contribution >= 4 is 22.9 Å². The molecule has 22 heavy (non-hydrogen) atoms. The third-order valence-corrected chi connectivity index (χ3v) is 5.36. The zero-order valence-electron chi connectivity index (χ0n) is 12.7. The van der Waals surface area contributed by atoms with Crippen molar-refractivity contribution in [3.05, 3.63) is 22.3 Å². The first-order chi connectivity index (χ1) is 10.7. The minimum Gasteiger partial charge on any atom is -0.394 e. The Balaban J connectivity index is 1.77. The molecule has 0 aromatic carbocycles. The highest BCUT2D eigenvalue weighted by atomic mass is 35.5. The van der Waals surface area contributed by atoms with Gasteiger partial charge in [0.25, 0.3) is 0 Å². The summed E-state index contributed by atoms with van der Waals surface area (Å²) in [4.78, 5) is 8.07. The maximum atomic E-state index is 9.24. The summed E-state index contributed by atoms with van der Waals surface area (Å²) < 4.78 is 2.54. The summed E-state index contributed by atoms with van der Waals surface area (Å²) in [6.45, 7) is 2.82. The summed E-state index contributed by atoms with van der Waals surface area (Å²) in [5, 5.41) is 13.8. The molecule has 7 heteroatoms. The Hall–Kier alpha value is -0.950. The topological polar surface area (TPSA) is 54.2 Å². The number of piperidine rings is 1. The van der Waals surface area contributed by atoms with Gasteiger partial charge in [-0.2, -0.15) is 5.10 Å². The molecule has 3 heterocycles. The molecule has 0 spiro atoms. The normalized spacial score (nSPS) is 17.2. The molecule has 1 N–H and O–H groups in total. The molecular formula is C15H21ClN4OS. The van der Waals surface area contributed by atoms with Crippen LogP contribution in [-0.4, -0.2) is 51.5 Å². The van der Waals surface area contributed by atoms with Gasteiger partial charge in [-0.3, -0.25) is 0 Å². The average molecular weight is 341 g/mol. The molecule has 1 saturated heterocycles. The Labute approximate surface area is 139 Å². The molecular weight excluding hydrogens is 320 g/mol. The molecule has 1 fully saturated rings. The van der Waals surface area contributed by atoms with E-state index < -0.39 is 0 Å². The van der Waals surface area contributed by atoms with Gasteiger partial charge in [0.2, 0.25) is 0 Å². The van der Waals surface area contributed by atoms with E-state index in [0.29, 0.717) is 12.5 Å². The van der Waals surface area contributed by atoms with Crippen LogP contribution in [-0.2, 0) is 13.0 Å². The highest BCUT2D eigenvalue weighted by Crippen LogP contribution is 2.30. The van der Waals surface area contributed by atoms with Gasteiger partial charge in [-0.15, -0.1) is 11.3 Å². The highest BCUT2D eigenvalue weighted by molar-refractivity contribution is 7.19. The number of nitrogens with zero attached hydrogens (tertiary/aromatic N) is 4. The maximum absolute atomic E-state index is 9.24. The van der Waals surface area contributed by atoms with E-state index >= 15 is 0 Å². The first-order valence-electron chi connectivity index (χ1n) is 7.64. The summed E-state index contributed by atoms with van der Waals surface area (Å²) in [7, 11) is 2.17. The molecule has 3 rings (SSSR count). The Morgan fingerprint density at radius 1 is 1.36 bits per heavy atom. The minimum atomic E-state index is 0.0587. The average Bonchev–Trinajstić information content (AvgIpc) is 3.08. The quantitative estimate of drug-likeness (QED) is 0.908. The van der Waals surface area contributed by atoms with Crippen LogP contribution in [0.2, 0.25) is 4.34 Å². The summed E-state index contributed by atoms with van der Waals surface area (Å²) >= 11 is 7.52. The van der Waals surface area contributed by atoms with Crippen LogP contribution in [0, 0.1) is 5.92 Å². The summed E-state index contributed by atoms with van der Waals surface area (Å²) in [6, 6.07) is 3.83. The molecule has 1 aliphatic heterocycles. The molecule has 2 aromatic heterocycles. The van der Waals surface area contributed by atoms with Gasteiger partial charge in [0.05, 0.1) is 22.4 Å². The van der Waals surface area contributed by atoms with E-state index in [9.17, 15) is 5.11 Å². The molecule has 1 aliphatic rings. The SMILES string of the molecule is CN1CCC(Cc2nc(-c3ccc(Cl)s3)n(CCO)n2)CC1. The smallest absolute Gasteiger partial charge is 0.168 e. The van der Waals surface area contributed by atoms with Gasteiger partial charge in [0.1, 0.15) is 0 Å². The fourth-order valence-corrected chi connectivity index (χ4v) is 3.90. The van der Waals surface area contributed by atoms with Gasteiger partial charge in [0, 0.05) is 6.42 Å². The monoisotopic (exact) mass is 340 g/mol. The molecule has 0 bridgehead atoms. The van der Waals surface area contributed by atoms with Crippen molar-refractivity contribution in [2.75, 3.05) is 26.7 Å². The number of halogens is 1. The van der Waals surface area contributed by atoms with Gasteiger partial charge in [-0.25, -0.2) is 9.67 Å². The third kappa shape index (κ3) is 3.68. The van der Waals surface area contributed by atoms with Gasteiger partial charge in [-0.05, 0) is 51.0 Å². The van der Waals surface area contributed by atoms with Crippen molar-refractivity contribution in [3.8, 4) is 10.7 Å². The molecule has 0 unspecified atom stereocenters. The Morgan fingerprint density at radius 2 is 2.14 bits per heavy atom. The number of likely N-dealkylation sites (tertiary alicyclic amines) is 1. The van der Waals surface area contributed by atoms with Crippen molar-refractivity contribution in [1.29, 1.82) is 0 Å². The lowest BCUT2D eigenvalue weighted by Gasteiger charge is -2.28.